The zero-order valence-corrected chi connectivity index (χ0v) is 14.1. The monoisotopic (exact) mass is 339 g/mol. The quantitative estimate of drug-likeness (QED) is 0.791. The van der Waals surface area contributed by atoms with E-state index in [-0.39, 0.29) is 5.91 Å². The number of nitrogens with one attached hydrogen (secondary N) is 1. The number of nitrogens with zero attached hydrogens (tertiary/aromatic N) is 4. The molecule has 24 heavy (non-hydrogen) atoms. The average molecular weight is 339 g/mol. The first-order valence-electron chi connectivity index (χ1n) is 7.87. The van der Waals surface area contributed by atoms with E-state index in [1.54, 1.807) is 24.5 Å². The Balaban J connectivity index is 1.56. The number of hydrogen-bond acceptors (Lipinski definition) is 6. The number of pyridine rings is 1. The number of carbonyl (C=O) groups is 1. The van der Waals surface area contributed by atoms with Crippen LogP contribution in [0.3, 0.4) is 0 Å². The lowest BCUT2D eigenvalue weighted by atomic mass is 10.0. The predicted molar refractivity (Wildman–Crippen MR) is 94.9 cm³/mol. The Bertz CT molecular complexity index is 873. The molecule has 1 saturated heterocycles. The molecule has 0 unspecified atom stereocenters. The van der Waals surface area contributed by atoms with Crippen LogP contribution in [0.1, 0.15) is 6.92 Å². The van der Waals surface area contributed by atoms with Crippen LogP contribution in [-0.4, -0.2) is 45.4 Å². The van der Waals surface area contributed by atoms with Crippen molar-refractivity contribution in [3.05, 3.63) is 35.8 Å². The van der Waals surface area contributed by atoms with Crippen molar-refractivity contribution in [3.8, 4) is 11.5 Å². The molecule has 1 aliphatic heterocycles. The number of carbonyl (C=O) groups excluding carboxylic acids is 1. The van der Waals surface area contributed by atoms with E-state index in [1.165, 1.54) is 0 Å². The topological polar surface area (TPSA) is 71.0 Å². The molecule has 3 aromatic rings. The van der Waals surface area contributed by atoms with Crippen molar-refractivity contribution in [2.75, 3.05) is 25.0 Å². The Morgan fingerprint density at radius 2 is 2.21 bits per heavy atom. The molecular weight excluding hydrogens is 322 g/mol. The second-order valence-corrected chi connectivity index (χ2v) is 6.82. The third-order valence-corrected chi connectivity index (χ3v) is 4.99. The second kappa shape index (κ2) is 6.16. The van der Waals surface area contributed by atoms with Gasteiger partial charge in [0.2, 0.25) is 5.91 Å². The molecule has 4 heterocycles. The van der Waals surface area contributed by atoms with Gasteiger partial charge in [0.25, 0.3) is 0 Å². The maximum absolute atomic E-state index is 11.3. The molecule has 0 spiro atoms. The molecule has 0 aromatic carbocycles. The molecular formula is C17H17N5OS. The maximum atomic E-state index is 11.3. The van der Waals surface area contributed by atoms with Crippen LogP contribution in [0.4, 0.5) is 5.82 Å². The van der Waals surface area contributed by atoms with Crippen LogP contribution < -0.4 is 5.32 Å². The van der Waals surface area contributed by atoms with E-state index in [4.69, 9.17) is 0 Å². The van der Waals surface area contributed by atoms with Crippen LogP contribution >= 0.6 is 11.3 Å². The Hall–Kier alpha value is -2.54. The maximum Gasteiger partial charge on any atom is 0.219 e. The number of fused-ring (bicyclic) bond motifs is 1. The molecule has 1 aliphatic rings. The van der Waals surface area contributed by atoms with Crippen molar-refractivity contribution in [1.82, 2.24) is 19.9 Å². The second-order valence-electron chi connectivity index (χ2n) is 5.92. The van der Waals surface area contributed by atoms with Gasteiger partial charge in [-0.2, -0.15) is 0 Å². The Morgan fingerprint density at radius 1 is 1.33 bits per heavy atom. The lowest BCUT2D eigenvalue weighted by Crippen LogP contribution is -2.51. The van der Waals surface area contributed by atoms with Crippen molar-refractivity contribution in [2.45, 2.75) is 6.92 Å². The third-order valence-electron chi connectivity index (χ3n) is 4.18. The molecule has 6 nitrogen and oxygen atoms in total. The number of likely N-dealkylation sites (tertiary alicyclic amines) is 1. The summed E-state index contributed by atoms with van der Waals surface area (Å²) in [5, 5.41) is 6.49. The molecule has 0 aliphatic carbocycles. The largest absolute Gasteiger partial charge is 0.369 e. The highest BCUT2D eigenvalue weighted by atomic mass is 32.1. The summed E-state index contributed by atoms with van der Waals surface area (Å²) in [6.45, 7) is 4.04. The molecule has 0 saturated carbocycles. The summed E-state index contributed by atoms with van der Waals surface area (Å²) in [4.78, 5) is 27.7. The normalized spacial score (nSPS) is 14.6. The minimum absolute atomic E-state index is 0.144. The molecule has 3 aromatic heterocycles. The fourth-order valence-corrected chi connectivity index (χ4v) is 3.56. The minimum atomic E-state index is 0.144. The van der Waals surface area contributed by atoms with E-state index in [9.17, 15) is 4.79 Å². The number of anilines is 1. The summed E-state index contributed by atoms with van der Waals surface area (Å²) >= 11 is 1.60. The first-order chi connectivity index (χ1) is 11.7. The van der Waals surface area contributed by atoms with Crippen molar-refractivity contribution >= 4 is 33.3 Å². The van der Waals surface area contributed by atoms with Crippen molar-refractivity contribution in [1.29, 1.82) is 0 Å². The lowest BCUT2D eigenvalue weighted by Gasteiger charge is -2.38. The van der Waals surface area contributed by atoms with Gasteiger partial charge < -0.3 is 10.2 Å². The van der Waals surface area contributed by atoms with Gasteiger partial charge in [-0.1, -0.05) is 6.07 Å². The fourth-order valence-electron chi connectivity index (χ4n) is 2.80. The molecule has 0 bridgehead atoms. The molecule has 1 amide bonds. The van der Waals surface area contributed by atoms with Crippen LogP contribution in [-0.2, 0) is 4.79 Å². The van der Waals surface area contributed by atoms with E-state index in [1.807, 2.05) is 34.5 Å². The number of amides is 1. The molecule has 4 rings (SSSR count). The highest BCUT2D eigenvalue weighted by molar-refractivity contribution is 7.16. The number of hydrogen-bond donors (Lipinski definition) is 1. The van der Waals surface area contributed by atoms with Gasteiger partial charge in [0.05, 0.1) is 5.39 Å². The highest BCUT2D eigenvalue weighted by Crippen LogP contribution is 2.28. The van der Waals surface area contributed by atoms with Gasteiger partial charge in [0.15, 0.2) is 5.82 Å². The Kier molecular flexibility index (Phi) is 3.86. The van der Waals surface area contributed by atoms with Gasteiger partial charge in [-0.3, -0.25) is 9.78 Å². The molecule has 7 heteroatoms. The van der Waals surface area contributed by atoms with E-state index in [0.717, 1.165) is 41.4 Å². The van der Waals surface area contributed by atoms with Gasteiger partial charge >= 0.3 is 0 Å². The number of thiophene rings is 1. The Labute approximate surface area is 143 Å². The van der Waals surface area contributed by atoms with Crippen LogP contribution in [0.25, 0.3) is 21.7 Å². The van der Waals surface area contributed by atoms with Crippen LogP contribution in [0.15, 0.2) is 35.8 Å². The van der Waals surface area contributed by atoms with E-state index >= 15 is 0 Å². The summed E-state index contributed by atoms with van der Waals surface area (Å²) in [7, 11) is 0. The molecule has 122 valence electrons. The lowest BCUT2D eigenvalue weighted by molar-refractivity contribution is -0.134. The highest BCUT2D eigenvalue weighted by Gasteiger charge is 2.28. The fraction of sp³-hybridized carbons (Fsp3) is 0.294. The first-order valence-corrected chi connectivity index (χ1v) is 8.74. The SMILES string of the molecule is CC(=O)N1CC(CNc2nc(-c3ccccn3)nc3sccc23)C1. The van der Waals surface area contributed by atoms with Crippen molar-refractivity contribution < 1.29 is 4.79 Å². The summed E-state index contributed by atoms with van der Waals surface area (Å²) in [5.74, 6) is 2.08. The first kappa shape index (κ1) is 15.0. The zero-order chi connectivity index (χ0) is 16.5. The van der Waals surface area contributed by atoms with Crippen LogP contribution in [0.5, 0.6) is 0 Å². The summed E-state index contributed by atoms with van der Waals surface area (Å²) < 4.78 is 0. The van der Waals surface area contributed by atoms with Gasteiger partial charge in [-0.05, 0) is 23.6 Å². The zero-order valence-electron chi connectivity index (χ0n) is 13.3. The summed E-state index contributed by atoms with van der Waals surface area (Å²) in [6, 6.07) is 7.76. The van der Waals surface area contributed by atoms with E-state index in [2.05, 4.69) is 20.3 Å². The predicted octanol–water partition coefficient (Wildman–Crippen LogP) is 2.64. The number of rotatable bonds is 4. The van der Waals surface area contributed by atoms with E-state index < -0.39 is 0 Å². The van der Waals surface area contributed by atoms with E-state index in [0.29, 0.717) is 11.7 Å². The number of aromatic nitrogens is 3. The molecule has 0 radical (unpaired) electrons. The summed E-state index contributed by atoms with van der Waals surface area (Å²) in [5.41, 5.74) is 0.766. The Morgan fingerprint density at radius 3 is 2.96 bits per heavy atom. The van der Waals surface area contributed by atoms with Crippen molar-refractivity contribution in [2.24, 2.45) is 5.92 Å². The van der Waals surface area contributed by atoms with Crippen LogP contribution in [0.2, 0.25) is 0 Å². The standard InChI is InChI=1S/C17H17N5OS/c1-11(23)22-9-12(10-22)8-19-15-13-5-7-24-17(13)21-16(20-15)14-4-2-3-6-18-14/h2-7,12H,8-10H2,1H3,(H,19,20,21). The van der Waals surface area contributed by atoms with Gasteiger partial charge in [0, 0.05) is 38.7 Å². The van der Waals surface area contributed by atoms with Crippen molar-refractivity contribution in [3.63, 3.8) is 0 Å². The van der Waals surface area contributed by atoms with Gasteiger partial charge in [-0.25, -0.2) is 9.97 Å². The third kappa shape index (κ3) is 2.82. The minimum Gasteiger partial charge on any atom is -0.369 e. The smallest absolute Gasteiger partial charge is 0.219 e. The summed E-state index contributed by atoms with van der Waals surface area (Å²) in [6.07, 6.45) is 1.75. The van der Waals surface area contributed by atoms with Gasteiger partial charge in [-0.15, -0.1) is 11.3 Å². The van der Waals surface area contributed by atoms with Gasteiger partial charge in [0.1, 0.15) is 16.3 Å². The van der Waals surface area contributed by atoms with Crippen LogP contribution in [0, 0.1) is 5.92 Å². The molecule has 1 N–H and O–H groups in total. The molecule has 1 fully saturated rings. The molecule has 0 atom stereocenters. The average Bonchev–Trinajstić information content (AvgIpc) is 3.02.